The molecule has 0 saturated carbocycles. The van der Waals surface area contributed by atoms with Gasteiger partial charge in [-0.05, 0) is 24.3 Å². The van der Waals surface area contributed by atoms with Crippen LogP contribution in [0.15, 0.2) is 54.9 Å². The highest BCUT2D eigenvalue weighted by Crippen LogP contribution is 2.23. The van der Waals surface area contributed by atoms with Crippen molar-refractivity contribution >= 4 is 11.3 Å². The zero-order valence-electron chi connectivity index (χ0n) is 10.4. The number of carbonyl (C=O) groups excluding carboxylic acids is 1. The lowest BCUT2D eigenvalue weighted by Crippen LogP contribution is -2.03. The van der Waals surface area contributed by atoms with Gasteiger partial charge in [0.05, 0.1) is 30.0 Å². The normalized spacial score (nSPS) is 10.6. The summed E-state index contributed by atoms with van der Waals surface area (Å²) in [6.45, 7) is 0. The van der Waals surface area contributed by atoms with E-state index in [0.717, 1.165) is 5.52 Å². The second-order valence-electron chi connectivity index (χ2n) is 4.12. The van der Waals surface area contributed by atoms with Gasteiger partial charge in [-0.15, -0.1) is 0 Å². The van der Waals surface area contributed by atoms with Crippen LogP contribution in [0.25, 0.3) is 5.52 Å². The molecule has 0 unspecified atom stereocenters. The van der Waals surface area contributed by atoms with Gasteiger partial charge in [-0.2, -0.15) is 5.10 Å². The molecule has 0 bridgehead atoms. The minimum absolute atomic E-state index is 0.0846. The molecule has 0 radical (unpaired) electrons. The topological polar surface area (TPSA) is 43.6 Å². The maximum Gasteiger partial charge on any atom is 0.200 e. The minimum atomic E-state index is -0.0846. The Hall–Kier alpha value is -2.62. The van der Waals surface area contributed by atoms with E-state index in [2.05, 4.69) is 5.10 Å². The molecule has 4 nitrogen and oxygen atoms in total. The Morgan fingerprint density at radius 2 is 1.89 bits per heavy atom. The Morgan fingerprint density at radius 3 is 2.74 bits per heavy atom. The van der Waals surface area contributed by atoms with E-state index in [1.807, 2.05) is 36.5 Å². The van der Waals surface area contributed by atoms with Crippen molar-refractivity contribution in [2.75, 3.05) is 7.11 Å². The summed E-state index contributed by atoms with van der Waals surface area (Å²) in [5, 5.41) is 4.18. The number of para-hydroxylation sites is 1. The second-order valence-corrected chi connectivity index (χ2v) is 4.12. The highest BCUT2D eigenvalue weighted by atomic mass is 16.5. The predicted molar refractivity (Wildman–Crippen MR) is 71.6 cm³/mol. The molecule has 94 valence electrons. The molecule has 0 spiro atoms. The summed E-state index contributed by atoms with van der Waals surface area (Å²) in [4.78, 5) is 12.6. The molecule has 1 aromatic carbocycles. The number of ketones is 1. The molecule has 3 aromatic rings. The van der Waals surface area contributed by atoms with Crippen molar-refractivity contribution in [1.82, 2.24) is 9.61 Å². The number of carbonyl (C=O) groups is 1. The van der Waals surface area contributed by atoms with Crippen molar-refractivity contribution in [1.29, 1.82) is 0 Å². The SMILES string of the molecule is COc1ccccc1C(=O)c1cnn2ccccc12. The van der Waals surface area contributed by atoms with Crippen LogP contribution in [0.4, 0.5) is 0 Å². The molecule has 0 fully saturated rings. The zero-order chi connectivity index (χ0) is 13.2. The number of nitrogens with zero attached hydrogens (tertiary/aromatic N) is 2. The number of methoxy groups -OCH3 is 1. The first-order valence-electron chi connectivity index (χ1n) is 5.91. The summed E-state index contributed by atoms with van der Waals surface area (Å²) in [5.74, 6) is 0.487. The van der Waals surface area contributed by atoms with Crippen molar-refractivity contribution in [3.8, 4) is 5.75 Å². The minimum Gasteiger partial charge on any atom is -0.496 e. The lowest BCUT2D eigenvalue weighted by atomic mass is 10.0. The van der Waals surface area contributed by atoms with Crippen LogP contribution in [0.2, 0.25) is 0 Å². The molecule has 0 atom stereocenters. The van der Waals surface area contributed by atoms with Gasteiger partial charge in [0.1, 0.15) is 5.75 Å². The Labute approximate surface area is 110 Å². The summed E-state index contributed by atoms with van der Waals surface area (Å²) in [6.07, 6.45) is 3.40. The summed E-state index contributed by atoms with van der Waals surface area (Å²) in [5.41, 5.74) is 1.91. The van der Waals surface area contributed by atoms with Gasteiger partial charge in [-0.3, -0.25) is 4.79 Å². The number of benzene rings is 1. The molecule has 0 saturated heterocycles. The summed E-state index contributed by atoms with van der Waals surface area (Å²) in [6, 6.07) is 12.8. The van der Waals surface area contributed by atoms with E-state index in [1.165, 1.54) is 0 Å². The molecular formula is C15H12N2O2. The molecule has 4 heteroatoms. The first kappa shape index (κ1) is 11.5. The highest BCUT2D eigenvalue weighted by Gasteiger charge is 2.17. The first-order chi connectivity index (χ1) is 9.31. The smallest absolute Gasteiger partial charge is 0.200 e. The van der Waals surface area contributed by atoms with E-state index in [9.17, 15) is 4.79 Å². The van der Waals surface area contributed by atoms with Crippen molar-refractivity contribution in [3.63, 3.8) is 0 Å². The second kappa shape index (κ2) is 4.57. The van der Waals surface area contributed by atoms with Gasteiger partial charge < -0.3 is 4.74 Å². The molecule has 3 rings (SSSR count). The number of rotatable bonds is 3. The Morgan fingerprint density at radius 1 is 1.11 bits per heavy atom. The van der Waals surface area contributed by atoms with Crippen LogP contribution < -0.4 is 4.74 Å². The van der Waals surface area contributed by atoms with Crippen molar-refractivity contribution in [3.05, 3.63) is 66.0 Å². The lowest BCUT2D eigenvalue weighted by molar-refractivity contribution is 0.103. The van der Waals surface area contributed by atoms with Gasteiger partial charge in [0, 0.05) is 6.20 Å². The molecule has 19 heavy (non-hydrogen) atoms. The Kier molecular flexibility index (Phi) is 2.76. The van der Waals surface area contributed by atoms with Crippen molar-refractivity contribution < 1.29 is 9.53 Å². The van der Waals surface area contributed by atoms with E-state index in [0.29, 0.717) is 16.9 Å². The number of aromatic nitrogens is 2. The number of ether oxygens (including phenoxy) is 1. The van der Waals surface area contributed by atoms with Crippen LogP contribution in [0.1, 0.15) is 15.9 Å². The van der Waals surface area contributed by atoms with Gasteiger partial charge in [0.15, 0.2) is 0 Å². The van der Waals surface area contributed by atoms with Crippen molar-refractivity contribution in [2.24, 2.45) is 0 Å². The van der Waals surface area contributed by atoms with Gasteiger partial charge in [-0.1, -0.05) is 18.2 Å². The van der Waals surface area contributed by atoms with Crippen molar-refractivity contribution in [2.45, 2.75) is 0 Å². The van der Waals surface area contributed by atoms with Gasteiger partial charge in [0.25, 0.3) is 0 Å². The highest BCUT2D eigenvalue weighted by molar-refractivity contribution is 6.14. The zero-order valence-corrected chi connectivity index (χ0v) is 10.4. The average Bonchev–Trinajstić information content (AvgIpc) is 2.90. The van der Waals surface area contributed by atoms with E-state index in [4.69, 9.17) is 4.74 Å². The number of pyridine rings is 1. The summed E-state index contributed by atoms with van der Waals surface area (Å²) < 4.78 is 6.91. The molecular weight excluding hydrogens is 240 g/mol. The quantitative estimate of drug-likeness (QED) is 0.673. The van der Waals surface area contributed by atoms with Gasteiger partial charge in [-0.25, -0.2) is 4.52 Å². The fraction of sp³-hybridized carbons (Fsp3) is 0.0667. The van der Waals surface area contributed by atoms with Crippen LogP contribution >= 0.6 is 0 Å². The third-order valence-corrected chi connectivity index (χ3v) is 3.02. The Balaban J connectivity index is 2.14. The first-order valence-corrected chi connectivity index (χ1v) is 5.91. The van der Waals surface area contributed by atoms with E-state index < -0.39 is 0 Å². The lowest BCUT2D eigenvalue weighted by Gasteiger charge is -2.06. The molecule has 0 aliphatic rings. The van der Waals surface area contributed by atoms with Gasteiger partial charge in [0.2, 0.25) is 5.78 Å². The van der Waals surface area contributed by atoms with E-state index in [1.54, 1.807) is 30.0 Å². The number of fused-ring (bicyclic) bond motifs is 1. The van der Waals surface area contributed by atoms with Crippen LogP contribution in [0.3, 0.4) is 0 Å². The molecule has 0 aliphatic carbocycles. The average molecular weight is 252 g/mol. The molecule has 0 aliphatic heterocycles. The molecule has 2 heterocycles. The van der Waals surface area contributed by atoms with Crippen LogP contribution in [0.5, 0.6) is 5.75 Å². The maximum absolute atomic E-state index is 12.6. The van der Waals surface area contributed by atoms with Gasteiger partial charge >= 0.3 is 0 Å². The summed E-state index contributed by atoms with van der Waals surface area (Å²) >= 11 is 0. The van der Waals surface area contributed by atoms with E-state index in [-0.39, 0.29) is 5.78 Å². The van der Waals surface area contributed by atoms with Crippen LogP contribution in [0, 0.1) is 0 Å². The third-order valence-electron chi connectivity index (χ3n) is 3.02. The fourth-order valence-electron chi connectivity index (χ4n) is 2.09. The fourth-order valence-corrected chi connectivity index (χ4v) is 2.09. The van der Waals surface area contributed by atoms with Crippen LogP contribution in [-0.4, -0.2) is 22.5 Å². The Bertz CT molecular complexity index is 746. The third kappa shape index (κ3) is 1.87. The monoisotopic (exact) mass is 252 g/mol. The number of hydrogen-bond acceptors (Lipinski definition) is 3. The predicted octanol–water partition coefficient (Wildman–Crippen LogP) is 2.57. The largest absolute Gasteiger partial charge is 0.496 e. The number of hydrogen-bond donors (Lipinski definition) is 0. The van der Waals surface area contributed by atoms with E-state index >= 15 is 0 Å². The molecule has 0 N–H and O–H groups in total. The molecule has 0 amide bonds. The standard InChI is InChI=1S/C15H12N2O2/c1-19-14-8-3-2-6-11(14)15(18)12-10-16-17-9-5-4-7-13(12)17/h2-10H,1H3. The summed E-state index contributed by atoms with van der Waals surface area (Å²) in [7, 11) is 1.56. The molecule has 2 aromatic heterocycles. The maximum atomic E-state index is 12.6. The van der Waals surface area contributed by atoms with Crippen LogP contribution in [-0.2, 0) is 0 Å².